The number of anilines is 1. The predicted octanol–water partition coefficient (Wildman–Crippen LogP) is 3.62. The van der Waals surface area contributed by atoms with Gasteiger partial charge in [-0.2, -0.15) is 5.10 Å². The minimum absolute atomic E-state index is 0.118. The van der Waals surface area contributed by atoms with Gasteiger partial charge in [-0.05, 0) is 48.0 Å². The third-order valence-corrected chi connectivity index (χ3v) is 5.02. The molecule has 2 aromatic heterocycles. The Morgan fingerprint density at radius 2 is 1.91 bits per heavy atom. The number of aromatic nitrogens is 4. The number of amides is 1. The number of halogens is 1. The van der Waals surface area contributed by atoms with E-state index in [1.165, 1.54) is 18.2 Å². The van der Waals surface area contributed by atoms with Gasteiger partial charge >= 0.3 is 0 Å². The zero-order chi connectivity index (χ0) is 22.5. The molecule has 8 heteroatoms. The lowest BCUT2D eigenvalue weighted by molar-refractivity contribution is -0.111. The largest absolute Gasteiger partial charge is 0.388 e. The van der Waals surface area contributed by atoms with Crippen molar-refractivity contribution in [2.45, 2.75) is 13.2 Å². The number of aryl methyl sites for hydroxylation is 1. The van der Waals surface area contributed by atoms with E-state index in [9.17, 15) is 14.3 Å². The second-order valence-electron chi connectivity index (χ2n) is 7.23. The van der Waals surface area contributed by atoms with Gasteiger partial charge in [0.05, 0.1) is 11.9 Å². The van der Waals surface area contributed by atoms with Crippen LogP contribution in [0, 0.1) is 5.82 Å². The van der Waals surface area contributed by atoms with Crippen molar-refractivity contribution in [3.8, 4) is 11.3 Å². The predicted molar refractivity (Wildman–Crippen MR) is 120 cm³/mol. The number of aliphatic hydroxyl groups excluding tert-OH is 1. The van der Waals surface area contributed by atoms with Gasteiger partial charge in [-0.25, -0.2) is 9.37 Å². The van der Waals surface area contributed by atoms with Crippen molar-refractivity contribution in [2.75, 3.05) is 5.32 Å². The second kappa shape index (κ2) is 9.40. The number of aliphatic hydroxyl groups is 1. The van der Waals surface area contributed by atoms with Gasteiger partial charge < -0.3 is 15.0 Å². The molecule has 0 spiro atoms. The molecular formula is C24H22FN5O2. The quantitative estimate of drug-likeness (QED) is 0.438. The first-order valence-corrected chi connectivity index (χ1v) is 10.0. The van der Waals surface area contributed by atoms with Crippen molar-refractivity contribution < 1.29 is 14.3 Å². The first-order chi connectivity index (χ1) is 15.5. The van der Waals surface area contributed by atoms with Gasteiger partial charge in [-0.3, -0.25) is 9.48 Å². The highest BCUT2D eigenvalue weighted by Crippen LogP contribution is 2.24. The van der Waals surface area contributed by atoms with E-state index >= 15 is 0 Å². The number of benzene rings is 2. The van der Waals surface area contributed by atoms with Crippen molar-refractivity contribution in [1.82, 2.24) is 19.3 Å². The number of rotatable bonds is 7. The van der Waals surface area contributed by atoms with E-state index in [-0.39, 0.29) is 18.3 Å². The summed E-state index contributed by atoms with van der Waals surface area (Å²) in [7, 11) is 1.80. The van der Waals surface area contributed by atoms with E-state index in [1.807, 2.05) is 35.0 Å². The van der Waals surface area contributed by atoms with E-state index in [4.69, 9.17) is 0 Å². The molecule has 0 saturated carbocycles. The molecule has 0 saturated heterocycles. The standard InChI is InChI=1S/C24H22FN5O2/c1-29-24(18-4-7-20(25)8-5-18)19(14-27-29)6-11-23(32)28-21-9-2-17(3-10-21)15-30-13-12-26-22(30)16-31/h2-14,31H,15-16H2,1H3,(H,28,32)/b11-6+. The maximum Gasteiger partial charge on any atom is 0.248 e. The Morgan fingerprint density at radius 3 is 2.62 bits per heavy atom. The lowest BCUT2D eigenvalue weighted by atomic mass is 10.1. The average Bonchev–Trinajstić information content (AvgIpc) is 3.40. The molecule has 4 aromatic rings. The maximum atomic E-state index is 13.2. The van der Waals surface area contributed by atoms with Gasteiger partial charge in [0, 0.05) is 48.9 Å². The molecule has 2 heterocycles. The molecule has 2 N–H and O–H groups in total. The smallest absolute Gasteiger partial charge is 0.248 e. The molecule has 0 aliphatic heterocycles. The monoisotopic (exact) mass is 431 g/mol. The van der Waals surface area contributed by atoms with Crippen LogP contribution < -0.4 is 5.32 Å². The molecule has 7 nitrogen and oxygen atoms in total. The Labute approximate surface area is 184 Å². The third kappa shape index (κ3) is 4.81. The molecule has 0 fully saturated rings. The summed E-state index contributed by atoms with van der Waals surface area (Å²) < 4.78 is 16.8. The van der Waals surface area contributed by atoms with Gasteiger partial charge in [-0.15, -0.1) is 0 Å². The summed E-state index contributed by atoms with van der Waals surface area (Å²) >= 11 is 0. The second-order valence-corrected chi connectivity index (χ2v) is 7.23. The maximum absolute atomic E-state index is 13.2. The van der Waals surface area contributed by atoms with Crippen LogP contribution in [0.5, 0.6) is 0 Å². The minimum atomic E-state index is -0.308. The van der Waals surface area contributed by atoms with Gasteiger partial charge in [0.1, 0.15) is 18.2 Å². The van der Waals surface area contributed by atoms with Crippen LogP contribution in [0.2, 0.25) is 0 Å². The van der Waals surface area contributed by atoms with E-state index in [2.05, 4.69) is 15.4 Å². The normalized spacial score (nSPS) is 11.2. The lowest BCUT2D eigenvalue weighted by Gasteiger charge is -2.08. The highest BCUT2D eigenvalue weighted by molar-refractivity contribution is 6.02. The van der Waals surface area contributed by atoms with Crippen molar-refractivity contribution in [1.29, 1.82) is 0 Å². The zero-order valence-electron chi connectivity index (χ0n) is 17.4. The number of carbonyl (C=O) groups is 1. The van der Waals surface area contributed by atoms with Crippen molar-refractivity contribution in [2.24, 2.45) is 7.05 Å². The fraction of sp³-hybridized carbons (Fsp3) is 0.125. The lowest BCUT2D eigenvalue weighted by Crippen LogP contribution is -2.08. The summed E-state index contributed by atoms with van der Waals surface area (Å²) in [5, 5.41) is 16.4. The average molecular weight is 431 g/mol. The van der Waals surface area contributed by atoms with Crippen LogP contribution in [0.15, 0.2) is 73.2 Å². The summed E-state index contributed by atoms with van der Waals surface area (Å²) in [6.45, 7) is 0.463. The number of imidazole rings is 1. The molecule has 162 valence electrons. The Kier molecular flexibility index (Phi) is 6.23. The highest BCUT2D eigenvalue weighted by atomic mass is 19.1. The Balaban J connectivity index is 1.41. The number of nitrogens with one attached hydrogen (secondary N) is 1. The molecule has 0 aliphatic carbocycles. The van der Waals surface area contributed by atoms with Gasteiger partial charge in [-0.1, -0.05) is 12.1 Å². The Hall–Kier alpha value is -4.04. The van der Waals surface area contributed by atoms with Gasteiger partial charge in [0.15, 0.2) is 0 Å². The molecule has 0 aliphatic rings. The van der Waals surface area contributed by atoms with Crippen LogP contribution in [0.25, 0.3) is 17.3 Å². The number of hydrogen-bond donors (Lipinski definition) is 2. The van der Waals surface area contributed by atoms with Crippen molar-refractivity contribution in [3.05, 3.63) is 96.0 Å². The first kappa shape index (κ1) is 21.2. The van der Waals surface area contributed by atoms with Crippen LogP contribution in [0.3, 0.4) is 0 Å². The summed E-state index contributed by atoms with van der Waals surface area (Å²) in [6.07, 6.45) is 8.25. The first-order valence-electron chi connectivity index (χ1n) is 10.0. The van der Waals surface area contributed by atoms with E-state index in [0.717, 1.165) is 22.4 Å². The molecule has 0 unspecified atom stereocenters. The number of nitrogens with zero attached hydrogens (tertiary/aromatic N) is 4. The zero-order valence-corrected chi connectivity index (χ0v) is 17.4. The fourth-order valence-electron chi connectivity index (χ4n) is 3.41. The number of carbonyl (C=O) groups excluding carboxylic acids is 1. The molecule has 1 amide bonds. The van der Waals surface area contributed by atoms with E-state index in [0.29, 0.717) is 18.1 Å². The van der Waals surface area contributed by atoms with E-state index in [1.54, 1.807) is 42.3 Å². The van der Waals surface area contributed by atoms with Crippen LogP contribution in [0.4, 0.5) is 10.1 Å². The van der Waals surface area contributed by atoms with Gasteiger partial charge in [0.2, 0.25) is 5.91 Å². The van der Waals surface area contributed by atoms with Crippen molar-refractivity contribution in [3.63, 3.8) is 0 Å². The molecule has 2 aromatic carbocycles. The Bertz CT molecular complexity index is 1240. The van der Waals surface area contributed by atoms with Crippen LogP contribution in [-0.2, 0) is 25.0 Å². The summed E-state index contributed by atoms with van der Waals surface area (Å²) in [5.74, 6) is 0.0176. The SMILES string of the molecule is Cn1ncc(/C=C/C(=O)Nc2ccc(Cn3ccnc3CO)cc2)c1-c1ccc(F)cc1. The summed E-state index contributed by atoms with van der Waals surface area (Å²) in [4.78, 5) is 16.5. The van der Waals surface area contributed by atoms with E-state index < -0.39 is 0 Å². The molecular weight excluding hydrogens is 409 g/mol. The van der Waals surface area contributed by atoms with Crippen molar-refractivity contribution >= 4 is 17.7 Å². The van der Waals surface area contributed by atoms with Gasteiger partial charge in [0.25, 0.3) is 0 Å². The molecule has 0 atom stereocenters. The molecule has 32 heavy (non-hydrogen) atoms. The number of hydrogen-bond acceptors (Lipinski definition) is 4. The third-order valence-electron chi connectivity index (χ3n) is 5.02. The Morgan fingerprint density at radius 1 is 1.16 bits per heavy atom. The fourth-order valence-corrected chi connectivity index (χ4v) is 3.41. The highest BCUT2D eigenvalue weighted by Gasteiger charge is 2.10. The molecule has 0 bridgehead atoms. The summed E-state index contributed by atoms with van der Waals surface area (Å²) in [6, 6.07) is 13.6. The molecule has 0 radical (unpaired) electrons. The van der Waals surface area contributed by atoms with Crippen LogP contribution in [-0.4, -0.2) is 30.3 Å². The topological polar surface area (TPSA) is 85.0 Å². The van der Waals surface area contributed by atoms with Crippen LogP contribution in [0.1, 0.15) is 17.0 Å². The van der Waals surface area contributed by atoms with Crippen LogP contribution >= 0.6 is 0 Å². The minimum Gasteiger partial charge on any atom is -0.388 e. The summed E-state index contributed by atoms with van der Waals surface area (Å²) in [5.41, 5.74) is 4.04. The molecule has 4 rings (SSSR count).